The molecule has 200 valence electrons. The van der Waals surface area contributed by atoms with Crippen molar-refractivity contribution >= 4 is 21.4 Å². The van der Waals surface area contributed by atoms with Crippen LogP contribution < -0.4 is 0 Å². The molecule has 1 aromatic heterocycles. The number of nitrogens with zero attached hydrogens (tertiary/aromatic N) is 2. The largest absolute Gasteiger partial charge is 0.392 e. The first-order valence-electron chi connectivity index (χ1n) is 12.0. The van der Waals surface area contributed by atoms with Gasteiger partial charge in [-0.1, -0.05) is 49.7 Å². The molecule has 0 saturated carbocycles. The fourth-order valence-electron chi connectivity index (χ4n) is 4.53. The van der Waals surface area contributed by atoms with E-state index in [0.29, 0.717) is 10.8 Å². The number of imidazole rings is 1. The summed E-state index contributed by atoms with van der Waals surface area (Å²) in [7, 11) is -3.83. The molecule has 4 rings (SSSR count). The highest BCUT2D eigenvalue weighted by Crippen LogP contribution is 2.38. The third kappa shape index (κ3) is 5.13. The zero-order valence-electron chi connectivity index (χ0n) is 21.8. The molecule has 0 atom stereocenters. The lowest BCUT2D eigenvalue weighted by Crippen LogP contribution is -2.24. The average Bonchev–Trinajstić information content (AvgIpc) is 3.29. The van der Waals surface area contributed by atoms with Gasteiger partial charge in [-0.2, -0.15) is 0 Å². The molecule has 5 nitrogen and oxygen atoms in total. The maximum absolute atomic E-state index is 15.7. The normalized spacial score (nSPS) is 12.4. The molecule has 4 aromatic rings. The van der Waals surface area contributed by atoms with Crippen LogP contribution in [0.4, 0.5) is 8.78 Å². The highest BCUT2D eigenvalue weighted by atomic mass is 35.5. The highest BCUT2D eigenvalue weighted by Gasteiger charge is 2.32. The molecule has 1 heterocycles. The van der Waals surface area contributed by atoms with Crippen LogP contribution in [0, 0.1) is 11.6 Å². The van der Waals surface area contributed by atoms with Crippen molar-refractivity contribution in [2.45, 2.75) is 50.5 Å². The van der Waals surface area contributed by atoms with Crippen LogP contribution in [-0.4, -0.2) is 29.3 Å². The molecule has 0 bridgehead atoms. The fourth-order valence-corrected chi connectivity index (χ4v) is 5.86. The molecule has 1 N–H and O–H groups in total. The van der Waals surface area contributed by atoms with Gasteiger partial charge in [0.1, 0.15) is 17.5 Å². The average molecular weight is 559 g/mol. The molecule has 0 aliphatic rings. The van der Waals surface area contributed by atoms with Crippen molar-refractivity contribution in [2.24, 2.45) is 0 Å². The number of hydrogen-bond acceptors (Lipinski definition) is 4. The Labute approximate surface area is 226 Å². The third-order valence-corrected chi connectivity index (χ3v) is 8.17. The lowest BCUT2D eigenvalue weighted by molar-refractivity contribution is 0.272. The second-order valence-corrected chi connectivity index (χ2v) is 12.5. The number of aromatic nitrogens is 2. The van der Waals surface area contributed by atoms with Gasteiger partial charge in [0.2, 0.25) is 0 Å². The summed E-state index contributed by atoms with van der Waals surface area (Å²) in [4.78, 5) is 4.53. The van der Waals surface area contributed by atoms with Gasteiger partial charge in [0.25, 0.3) is 0 Å². The van der Waals surface area contributed by atoms with Crippen molar-refractivity contribution in [3.63, 3.8) is 0 Å². The third-order valence-electron chi connectivity index (χ3n) is 6.67. The summed E-state index contributed by atoms with van der Waals surface area (Å²) in [6, 6.07) is 14.2. The Morgan fingerprint density at radius 3 is 2.26 bits per heavy atom. The number of aliphatic hydroxyl groups excluding tert-OH is 1. The van der Waals surface area contributed by atoms with E-state index >= 15 is 4.39 Å². The van der Waals surface area contributed by atoms with Crippen molar-refractivity contribution in [1.29, 1.82) is 0 Å². The van der Waals surface area contributed by atoms with E-state index in [1.165, 1.54) is 12.1 Å². The van der Waals surface area contributed by atoms with E-state index in [9.17, 15) is 17.9 Å². The molecule has 0 fully saturated rings. The smallest absolute Gasteiger partial charge is 0.176 e. The summed E-state index contributed by atoms with van der Waals surface area (Å²) in [5.41, 5.74) is 1.33. The molecule has 0 spiro atoms. The van der Waals surface area contributed by atoms with E-state index in [1.807, 2.05) is 45.9 Å². The van der Waals surface area contributed by atoms with Crippen molar-refractivity contribution in [3.8, 4) is 16.8 Å². The van der Waals surface area contributed by atoms with Gasteiger partial charge in [-0.3, -0.25) is 4.57 Å². The van der Waals surface area contributed by atoms with Gasteiger partial charge in [0.05, 0.1) is 22.9 Å². The van der Waals surface area contributed by atoms with Gasteiger partial charge in [0, 0.05) is 28.5 Å². The number of sulfone groups is 1. The summed E-state index contributed by atoms with van der Waals surface area (Å²) in [6.45, 7) is 7.18. The van der Waals surface area contributed by atoms with Crippen molar-refractivity contribution in [3.05, 3.63) is 100 Å². The zero-order valence-corrected chi connectivity index (χ0v) is 23.3. The summed E-state index contributed by atoms with van der Waals surface area (Å²) >= 11 is 6.53. The molecule has 0 aliphatic heterocycles. The van der Waals surface area contributed by atoms with E-state index < -0.39 is 33.5 Å². The molecule has 0 aliphatic carbocycles. The van der Waals surface area contributed by atoms with E-state index in [-0.39, 0.29) is 33.2 Å². The minimum Gasteiger partial charge on any atom is -0.392 e. The van der Waals surface area contributed by atoms with E-state index in [4.69, 9.17) is 16.6 Å². The first-order valence-corrected chi connectivity index (χ1v) is 14.3. The van der Waals surface area contributed by atoms with Crippen LogP contribution in [0.3, 0.4) is 0 Å². The van der Waals surface area contributed by atoms with E-state index in [2.05, 4.69) is 0 Å². The SMILES string of the molecule is CC(C)c1cn(-c2ccc(-c3cc(F)c(CO)c(S(C)(=O)=O)c3)cc2F)c(C(C)(C)c2ccccc2Cl)n1. The summed E-state index contributed by atoms with van der Waals surface area (Å²) in [5.74, 6) is -0.797. The monoisotopic (exact) mass is 558 g/mol. The predicted molar refractivity (Wildman–Crippen MR) is 146 cm³/mol. The van der Waals surface area contributed by atoms with Crippen LogP contribution in [0.5, 0.6) is 0 Å². The number of benzene rings is 3. The highest BCUT2D eigenvalue weighted by molar-refractivity contribution is 7.90. The van der Waals surface area contributed by atoms with Crippen LogP contribution >= 0.6 is 11.6 Å². The molecule has 3 aromatic carbocycles. The Morgan fingerprint density at radius 1 is 1.03 bits per heavy atom. The van der Waals surface area contributed by atoms with Crippen molar-refractivity contribution in [2.75, 3.05) is 6.26 Å². The number of hydrogen-bond donors (Lipinski definition) is 1. The van der Waals surface area contributed by atoms with Gasteiger partial charge < -0.3 is 5.11 Å². The molecule has 9 heteroatoms. The lowest BCUT2D eigenvalue weighted by Gasteiger charge is -2.27. The van der Waals surface area contributed by atoms with Gasteiger partial charge in [-0.15, -0.1) is 0 Å². The number of aliphatic hydroxyl groups is 1. The lowest BCUT2D eigenvalue weighted by atomic mass is 9.83. The van der Waals surface area contributed by atoms with Crippen LogP contribution in [0.15, 0.2) is 65.7 Å². The predicted octanol–water partition coefficient (Wildman–Crippen LogP) is 6.82. The van der Waals surface area contributed by atoms with Crippen molar-refractivity contribution in [1.82, 2.24) is 9.55 Å². The summed E-state index contributed by atoms with van der Waals surface area (Å²) in [6.07, 6.45) is 2.73. The van der Waals surface area contributed by atoms with E-state index in [1.54, 1.807) is 29.0 Å². The van der Waals surface area contributed by atoms with Crippen LogP contribution in [0.25, 0.3) is 16.8 Å². The molecular weight excluding hydrogens is 530 g/mol. The van der Waals surface area contributed by atoms with Crippen molar-refractivity contribution < 1.29 is 22.3 Å². The quantitative estimate of drug-likeness (QED) is 0.270. The first-order chi connectivity index (χ1) is 17.8. The Bertz CT molecular complexity index is 1630. The van der Waals surface area contributed by atoms with Gasteiger partial charge >= 0.3 is 0 Å². The molecule has 0 unspecified atom stereocenters. The Balaban J connectivity index is 1.88. The second-order valence-electron chi connectivity index (χ2n) is 10.2. The standard InChI is InChI=1S/C29H29ClF2N2O3S/c1-17(2)25-15-34(28(33-25)29(3,4)21-8-6-7-9-22(21)30)26-11-10-18(12-24(26)32)19-13-23(31)20(16-35)27(14-19)38(5,36)37/h6-15,17,35H,16H2,1-5H3. The van der Waals surface area contributed by atoms with Crippen LogP contribution in [0.2, 0.25) is 5.02 Å². The maximum Gasteiger partial charge on any atom is 0.176 e. The van der Waals surface area contributed by atoms with Crippen LogP contribution in [-0.2, 0) is 21.9 Å². The molecule has 0 radical (unpaired) electrons. The van der Waals surface area contributed by atoms with Crippen LogP contribution in [0.1, 0.15) is 56.3 Å². The molecule has 0 amide bonds. The zero-order chi connectivity index (χ0) is 28.0. The topological polar surface area (TPSA) is 72.2 Å². The van der Waals surface area contributed by atoms with Gasteiger partial charge in [-0.25, -0.2) is 22.2 Å². The second kappa shape index (κ2) is 10.2. The summed E-state index contributed by atoms with van der Waals surface area (Å²) in [5, 5.41) is 10.1. The van der Waals surface area contributed by atoms with E-state index in [0.717, 1.165) is 23.6 Å². The molecular formula is C29H29ClF2N2O3S. The minimum atomic E-state index is -3.83. The maximum atomic E-state index is 15.7. The Hall–Kier alpha value is -3.07. The Kier molecular flexibility index (Phi) is 7.54. The number of halogens is 3. The number of rotatable bonds is 7. The summed E-state index contributed by atoms with van der Waals surface area (Å²) < 4.78 is 56.6. The minimum absolute atomic E-state index is 0.0850. The first kappa shape index (κ1) is 28.0. The molecule has 0 saturated heterocycles. The van der Waals surface area contributed by atoms with Gasteiger partial charge in [0.15, 0.2) is 9.84 Å². The fraction of sp³-hybridized carbons (Fsp3) is 0.276. The Morgan fingerprint density at radius 2 is 1.68 bits per heavy atom. The molecule has 38 heavy (non-hydrogen) atoms. The van der Waals surface area contributed by atoms with Gasteiger partial charge in [-0.05, 0) is 66.8 Å².